The van der Waals surface area contributed by atoms with Crippen LogP contribution >= 0.6 is 0 Å². The largest absolute Gasteiger partial charge is 0.493 e. The highest BCUT2D eigenvalue weighted by atomic mass is 19.1. The van der Waals surface area contributed by atoms with E-state index in [0.29, 0.717) is 34.6 Å². The Bertz CT molecular complexity index is 1420. The maximum atomic E-state index is 13.9. The predicted octanol–water partition coefficient (Wildman–Crippen LogP) is 5.53. The lowest BCUT2D eigenvalue weighted by Gasteiger charge is -2.02. The molecule has 31 heavy (non-hydrogen) atoms. The zero-order valence-corrected chi connectivity index (χ0v) is 16.4. The van der Waals surface area contributed by atoms with E-state index in [2.05, 4.69) is 5.16 Å². The number of esters is 1. The van der Waals surface area contributed by atoms with Crippen molar-refractivity contribution in [2.45, 2.75) is 6.42 Å². The molecule has 0 spiro atoms. The van der Waals surface area contributed by atoms with Crippen molar-refractivity contribution in [1.82, 2.24) is 5.16 Å². The molecule has 2 aromatic heterocycles. The second-order valence-electron chi connectivity index (χ2n) is 6.93. The first kappa shape index (κ1) is 18.9. The van der Waals surface area contributed by atoms with Gasteiger partial charge < -0.3 is 18.4 Å². The number of methoxy groups -OCH3 is 1. The summed E-state index contributed by atoms with van der Waals surface area (Å²) in [6, 6.07) is 18.4. The fourth-order valence-corrected chi connectivity index (χ4v) is 3.44. The molecule has 5 aromatic rings. The van der Waals surface area contributed by atoms with Gasteiger partial charge in [-0.15, -0.1) is 0 Å². The molecule has 154 valence electrons. The molecule has 0 aliphatic rings. The van der Waals surface area contributed by atoms with Gasteiger partial charge >= 0.3 is 5.97 Å². The van der Waals surface area contributed by atoms with Gasteiger partial charge in [-0.2, -0.15) is 0 Å². The molecule has 0 atom stereocenters. The minimum absolute atomic E-state index is 0.0532. The standard InChI is InChI=1S/C24H16FNO5/c1-28-20-8-4-6-15-12-22(30-23(15)20)24(27)29-16-9-10-17-19(26-31-21(17)13-16)11-14-5-2-3-7-18(14)25/h2-10,12-13H,11H2,1H3. The van der Waals surface area contributed by atoms with Crippen molar-refractivity contribution in [2.24, 2.45) is 0 Å². The number of hydrogen-bond donors (Lipinski definition) is 0. The van der Waals surface area contributed by atoms with Crippen LogP contribution in [0.5, 0.6) is 11.5 Å². The Morgan fingerprint density at radius 3 is 2.77 bits per heavy atom. The first-order chi connectivity index (χ1) is 15.1. The molecule has 0 N–H and O–H groups in total. The van der Waals surface area contributed by atoms with E-state index >= 15 is 0 Å². The molecule has 6 nitrogen and oxygen atoms in total. The molecule has 3 aromatic carbocycles. The van der Waals surface area contributed by atoms with E-state index in [0.717, 1.165) is 10.8 Å². The molecule has 0 fully saturated rings. The van der Waals surface area contributed by atoms with E-state index in [4.69, 9.17) is 18.4 Å². The number of halogens is 1. The Balaban J connectivity index is 1.39. The molecule has 0 unspecified atom stereocenters. The lowest BCUT2D eigenvalue weighted by atomic mass is 10.1. The summed E-state index contributed by atoms with van der Waals surface area (Å²) in [5, 5.41) is 5.49. The number of rotatable bonds is 5. The normalized spacial score (nSPS) is 11.2. The third-order valence-corrected chi connectivity index (χ3v) is 4.97. The van der Waals surface area contributed by atoms with Crippen molar-refractivity contribution < 1.29 is 27.6 Å². The van der Waals surface area contributed by atoms with Crippen LogP contribution in [0.1, 0.15) is 21.8 Å². The van der Waals surface area contributed by atoms with Crippen LogP contribution in [0.3, 0.4) is 0 Å². The van der Waals surface area contributed by atoms with Gasteiger partial charge in [-0.25, -0.2) is 9.18 Å². The number of fused-ring (bicyclic) bond motifs is 2. The van der Waals surface area contributed by atoms with Crippen molar-refractivity contribution in [3.63, 3.8) is 0 Å². The average molecular weight is 417 g/mol. The van der Waals surface area contributed by atoms with Gasteiger partial charge in [0, 0.05) is 23.3 Å². The molecule has 5 rings (SSSR count). The topological polar surface area (TPSA) is 74.7 Å². The fraction of sp³-hybridized carbons (Fsp3) is 0.0833. The number of carbonyl (C=O) groups excluding carboxylic acids is 1. The zero-order chi connectivity index (χ0) is 21.4. The van der Waals surface area contributed by atoms with Gasteiger partial charge in [-0.3, -0.25) is 0 Å². The molecule has 0 radical (unpaired) electrons. The van der Waals surface area contributed by atoms with Gasteiger partial charge in [-0.05, 0) is 35.9 Å². The lowest BCUT2D eigenvalue weighted by Crippen LogP contribution is -2.06. The fourth-order valence-electron chi connectivity index (χ4n) is 3.44. The summed E-state index contributed by atoms with van der Waals surface area (Å²) in [5.41, 5.74) is 2.03. The molecule has 0 saturated heterocycles. The van der Waals surface area contributed by atoms with Gasteiger partial charge in [0.15, 0.2) is 16.9 Å². The molecular weight excluding hydrogens is 401 g/mol. The van der Waals surface area contributed by atoms with Crippen molar-refractivity contribution in [3.8, 4) is 11.5 Å². The van der Waals surface area contributed by atoms with Gasteiger partial charge in [-0.1, -0.05) is 35.5 Å². The van der Waals surface area contributed by atoms with Crippen LogP contribution < -0.4 is 9.47 Å². The number of para-hydroxylation sites is 1. The summed E-state index contributed by atoms with van der Waals surface area (Å²) in [6.45, 7) is 0. The van der Waals surface area contributed by atoms with E-state index < -0.39 is 5.97 Å². The average Bonchev–Trinajstić information content (AvgIpc) is 3.39. The van der Waals surface area contributed by atoms with Crippen molar-refractivity contribution in [3.05, 3.63) is 89.6 Å². The Labute approximate surface area is 175 Å². The highest BCUT2D eigenvalue weighted by Gasteiger charge is 2.18. The van der Waals surface area contributed by atoms with Gasteiger partial charge in [0.1, 0.15) is 11.6 Å². The number of carbonyl (C=O) groups is 1. The summed E-state index contributed by atoms with van der Waals surface area (Å²) in [4.78, 5) is 12.6. The third-order valence-electron chi connectivity index (χ3n) is 4.97. The van der Waals surface area contributed by atoms with Crippen LogP contribution in [0.15, 0.2) is 75.7 Å². The Hall–Kier alpha value is -4.13. The number of aromatic nitrogens is 1. The van der Waals surface area contributed by atoms with E-state index in [1.165, 1.54) is 13.2 Å². The zero-order valence-electron chi connectivity index (χ0n) is 16.4. The summed E-state index contributed by atoms with van der Waals surface area (Å²) in [7, 11) is 1.53. The van der Waals surface area contributed by atoms with E-state index in [1.54, 1.807) is 48.5 Å². The quantitative estimate of drug-likeness (QED) is 0.276. The molecule has 0 amide bonds. The van der Waals surface area contributed by atoms with E-state index in [-0.39, 0.29) is 17.3 Å². The number of furan rings is 1. The summed E-state index contributed by atoms with van der Waals surface area (Å²) in [5.74, 6) is -0.0895. The molecule has 7 heteroatoms. The van der Waals surface area contributed by atoms with Crippen molar-refractivity contribution >= 4 is 27.9 Å². The molecule has 0 bridgehead atoms. The number of nitrogens with zero attached hydrogens (tertiary/aromatic N) is 1. The third kappa shape index (κ3) is 3.50. The molecule has 2 heterocycles. The number of ether oxygens (including phenoxy) is 2. The number of benzene rings is 3. The maximum absolute atomic E-state index is 13.9. The minimum Gasteiger partial charge on any atom is -0.493 e. The Morgan fingerprint density at radius 1 is 1.06 bits per heavy atom. The van der Waals surface area contributed by atoms with Crippen LogP contribution in [0, 0.1) is 5.82 Å². The second kappa shape index (κ2) is 7.60. The highest BCUT2D eigenvalue weighted by molar-refractivity contribution is 5.95. The summed E-state index contributed by atoms with van der Waals surface area (Å²) < 4.78 is 35.6. The molecular formula is C24H16FNO5. The second-order valence-corrected chi connectivity index (χ2v) is 6.93. The van der Waals surface area contributed by atoms with Crippen molar-refractivity contribution in [2.75, 3.05) is 7.11 Å². The molecule has 0 aliphatic carbocycles. The molecule has 0 aliphatic heterocycles. The minimum atomic E-state index is -0.649. The van der Waals surface area contributed by atoms with Crippen LogP contribution in [0.25, 0.3) is 21.9 Å². The number of hydrogen-bond acceptors (Lipinski definition) is 6. The van der Waals surface area contributed by atoms with Crippen LogP contribution in [-0.2, 0) is 6.42 Å². The Kier molecular flexibility index (Phi) is 4.63. The highest BCUT2D eigenvalue weighted by Crippen LogP contribution is 2.30. The smallest absolute Gasteiger partial charge is 0.379 e. The lowest BCUT2D eigenvalue weighted by molar-refractivity contribution is 0.0704. The first-order valence-corrected chi connectivity index (χ1v) is 9.53. The SMILES string of the molecule is COc1cccc2cc(C(=O)Oc3ccc4c(Cc5ccccc5F)noc4c3)oc12. The van der Waals surface area contributed by atoms with Crippen LogP contribution in [0.2, 0.25) is 0 Å². The maximum Gasteiger partial charge on any atom is 0.379 e. The van der Waals surface area contributed by atoms with Crippen molar-refractivity contribution in [1.29, 1.82) is 0 Å². The Morgan fingerprint density at radius 2 is 1.94 bits per heavy atom. The van der Waals surface area contributed by atoms with Gasteiger partial charge in [0.05, 0.1) is 12.8 Å². The molecule has 0 saturated carbocycles. The van der Waals surface area contributed by atoms with E-state index in [9.17, 15) is 9.18 Å². The van der Waals surface area contributed by atoms with E-state index in [1.807, 2.05) is 12.1 Å². The van der Waals surface area contributed by atoms with Gasteiger partial charge in [0.25, 0.3) is 0 Å². The van der Waals surface area contributed by atoms with Gasteiger partial charge in [0.2, 0.25) is 5.76 Å². The summed E-state index contributed by atoms with van der Waals surface area (Å²) >= 11 is 0. The predicted molar refractivity (Wildman–Crippen MR) is 111 cm³/mol. The van der Waals surface area contributed by atoms with Crippen LogP contribution in [-0.4, -0.2) is 18.2 Å². The first-order valence-electron chi connectivity index (χ1n) is 9.53. The van der Waals surface area contributed by atoms with Crippen LogP contribution in [0.4, 0.5) is 4.39 Å². The monoisotopic (exact) mass is 417 g/mol. The summed E-state index contributed by atoms with van der Waals surface area (Å²) in [6.07, 6.45) is 0.291.